The SMILES string of the molecule is CN=C(NCc1cn2c(C)cccc2n1)NC1CCN(Cc2ccc(Cl)cc2)CC1.I. The van der Waals surface area contributed by atoms with E-state index in [9.17, 15) is 0 Å². The van der Waals surface area contributed by atoms with Crippen LogP contribution in [-0.4, -0.2) is 46.4 Å². The second-order valence-electron chi connectivity index (χ2n) is 7.87. The van der Waals surface area contributed by atoms with Gasteiger partial charge in [-0.2, -0.15) is 0 Å². The third kappa shape index (κ3) is 6.33. The largest absolute Gasteiger partial charge is 0.354 e. The van der Waals surface area contributed by atoms with E-state index in [-0.39, 0.29) is 24.0 Å². The highest BCUT2D eigenvalue weighted by Gasteiger charge is 2.20. The van der Waals surface area contributed by atoms with Crippen LogP contribution in [0.4, 0.5) is 0 Å². The summed E-state index contributed by atoms with van der Waals surface area (Å²) in [5, 5.41) is 7.77. The van der Waals surface area contributed by atoms with Gasteiger partial charge in [0.15, 0.2) is 5.96 Å². The molecule has 6 nitrogen and oxygen atoms in total. The second-order valence-corrected chi connectivity index (χ2v) is 8.31. The molecule has 3 aromatic rings. The van der Waals surface area contributed by atoms with Crippen molar-refractivity contribution in [2.24, 2.45) is 4.99 Å². The number of fused-ring (bicyclic) bond motifs is 1. The summed E-state index contributed by atoms with van der Waals surface area (Å²) in [6, 6.07) is 14.7. The Morgan fingerprint density at radius 3 is 2.58 bits per heavy atom. The zero-order valence-electron chi connectivity index (χ0n) is 18.0. The van der Waals surface area contributed by atoms with E-state index < -0.39 is 0 Å². The highest BCUT2D eigenvalue weighted by molar-refractivity contribution is 14.0. The number of nitrogens with zero attached hydrogens (tertiary/aromatic N) is 4. The van der Waals surface area contributed by atoms with E-state index in [0.29, 0.717) is 12.6 Å². The first-order valence-electron chi connectivity index (χ1n) is 10.5. The molecule has 2 aromatic heterocycles. The van der Waals surface area contributed by atoms with Crippen LogP contribution in [0, 0.1) is 6.92 Å². The predicted octanol–water partition coefficient (Wildman–Crippen LogP) is 4.24. The molecule has 31 heavy (non-hydrogen) atoms. The molecule has 0 radical (unpaired) electrons. The Morgan fingerprint density at radius 1 is 1.16 bits per heavy atom. The van der Waals surface area contributed by atoms with Crippen molar-refractivity contribution in [2.75, 3.05) is 20.1 Å². The van der Waals surface area contributed by atoms with Crippen molar-refractivity contribution in [3.05, 3.63) is 70.6 Å². The van der Waals surface area contributed by atoms with E-state index in [1.165, 1.54) is 11.3 Å². The molecule has 0 atom stereocenters. The number of rotatable bonds is 5. The molecule has 0 spiro atoms. The Bertz CT molecular complexity index is 1010. The van der Waals surface area contributed by atoms with Crippen LogP contribution in [-0.2, 0) is 13.1 Å². The van der Waals surface area contributed by atoms with Crippen LogP contribution in [0.25, 0.3) is 5.65 Å². The minimum Gasteiger partial charge on any atom is -0.354 e. The molecule has 1 aliphatic heterocycles. The van der Waals surface area contributed by atoms with Gasteiger partial charge in [0.2, 0.25) is 0 Å². The van der Waals surface area contributed by atoms with Gasteiger partial charge in [0.05, 0.1) is 12.2 Å². The van der Waals surface area contributed by atoms with Gasteiger partial charge < -0.3 is 15.0 Å². The minimum absolute atomic E-state index is 0. The molecular formula is C23H30ClIN6. The molecule has 0 amide bonds. The molecule has 4 rings (SSSR count). The van der Waals surface area contributed by atoms with E-state index in [2.05, 4.69) is 61.2 Å². The molecular weight excluding hydrogens is 523 g/mol. The fourth-order valence-corrected chi connectivity index (χ4v) is 4.06. The molecule has 166 valence electrons. The van der Waals surface area contributed by atoms with Crippen molar-refractivity contribution in [1.82, 2.24) is 24.9 Å². The maximum absolute atomic E-state index is 5.98. The van der Waals surface area contributed by atoms with Gasteiger partial charge in [-0.1, -0.05) is 29.8 Å². The summed E-state index contributed by atoms with van der Waals surface area (Å²) >= 11 is 5.98. The lowest BCUT2D eigenvalue weighted by atomic mass is 10.0. The monoisotopic (exact) mass is 552 g/mol. The molecule has 3 heterocycles. The lowest BCUT2D eigenvalue weighted by Gasteiger charge is -2.33. The Morgan fingerprint density at radius 2 is 1.90 bits per heavy atom. The van der Waals surface area contributed by atoms with Crippen molar-refractivity contribution in [1.29, 1.82) is 0 Å². The lowest BCUT2D eigenvalue weighted by molar-refractivity contribution is 0.198. The zero-order valence-corrected chi connectivity index (χ0v) is 21.1. The maximum atomic E-state index is 5.98. The van der Waals surface area contributed by atoms with Gasteiger partial charge in [-0.15, -0.1) is 24.0 Å². The lowest BCUT2D eigenvalue weighted by Crippen LogP contribution is -2.48. The number of aryl methyl sites for hydroxylation is 1. The van der Waals surface area contributed by atoms with Crippen LogP contribution in [0.3, 0.4) is 0 Å². The molecule has 0 saturated carbocycles. The highest BCUT2D eigenvalue weighted by atomic mass is 127. The van der Waals surface area contributed by atoms with Crippen LogP contribution in [0.5, 0.6) is 0 Å². The first-order chi connectivity index (χ1) is 14.6. The number of guanidine groups is 1. The summed E-state index contributed by atoms with van der Waals surface area (Å²) < 4.78 is 2.11. The third-order valence-corrected chi connectivity index (χ3v) is 5.91. The van der Waals surface area contributed by atoms with Gasteiger partial charge >= 0.3 is 0 Å². The summed E-state index contributed by atoms with van der Waals surface area (Å²) in [6.45, 7) is 5.86. The molecule has 1 fully saturated rings. The zero-order chi connectivity index (χ0) is 20.9. The van der Waals surface area contributed by atoms with Gasteiger partial charge in [0.25, 0.3) is 0 Å². The van der Waals surface area contributed by atoms with E-state index in [4.69, 9.17) is 11.6 Å². The number of nitrogens with one attached hydrogen (secondary N) is 2. The highest BCUT2D eigenvalue weighted by Crippen LogP contribution is 2.16. The fraction of sp³-hybridized carbons (Fsp3) is 0.391. The number of benzene rings is 1. The molecule has 1 aliphatic rings. The summed E-state index contributed by atoms with van der Waals surface area (Å²) in [6.07, 6.45) is 4.28. The van der Waals surface area contributed by atoms with Crippen LogP contribution in [0.2, 0.25) is 5.02 Å². The van der Waals surface area contributed by atoms with Crippen molar-refractivity contribution < 1.29 is 0 Å². The van der Waals surface area contributed by atoms with Crippen molar-refractivity contribution in [3.63, 3.8) is 0 Å². The summed E-state index contributed by atoms with van der Waals surface area (Å²) in [7, 11) is 1.82. The topological polar surface area (TPSA) is 57.0 Å². The van der Waals surface area contributed by atoms with E-state index >= 15 is 0 Å². The first kappa shape index (κ1) is 23.8. The van der Waals surface area contributed by atoms with Gasteiger partial charge in [0.1, 0.15) is 5.65 Å². The molecule has 0 unspecified atom stereocenters. The van der Waals surface area contributed by atoms with E-state index in [1.807, 2.05) is 31.3 Å². The number of pyridine rings is 1. The average molecular weight is 553 g/mol. The summed E-state index contributed by atoms with van der Waals surface area (Å²) in [5.41, 5.74) is 4.47. The fourth-order valence-electron chi connectivity index (χ4n) is 3.93. The Labute approximate surface area is 206 Å². The molecule has 8 heteroatoms. The number of piperidine rings is 1. The van der Waals surface area contributed by atoms with Crippen molar-refractivity contribution in [2.45, 2.75) is 38.9 Å². The number of hydrogen-bond donors (Lipinski definition) is 2. The Kier molecular flexibility index (Phi) is 8.57. The molecule has 0 bridgehead atoms. The summed E-state index contributed by atoms with van der Waals surface area (Å²) in [4.78, 5) is 11.6. The number of likely N-dealkylation sites (tertiary alicyclic amines) is 1. The number of halogens is 2. The quantitative estimate of drug-likeness (QED) is 0.282. The molecule has 1 saturated heterocycles. The van der Waals surface area contributed by atoms with Gasteiger partial charge in [-0.3, -0.25) is 9.89 Å². The third-order valence-electron chi connectivity index (χ3n) is 5.65. The number of imidazole rings is 1. The first-order valence-corrected chi connectivity index (χ1v) is 10.9. The second kappa shape index (κ2) is 11.2. The summed E-state index contributed by atoms with van der Waals surface area (Å²) in [5.74, 6) is 0.833. The van der Waals surface area contributed by atoms with E-state index in [0.717, 1.165) is 54.8 Å². The van der Waals surface area contributed by atoms with Gasteiger partial charge in [0, 0.05) is 49.6 Å². The molecule has 1 aromatic carbocycles. The normalized spacial score (nSPS) is 15.6. The van der Waals surface area contributed by atoms with Crippen molar-refractivity contribution >= 4 is 47.2 Å². The molecule has 0 aliphatic carbocycles. The van der Waals surface area contributed by atoms with Gasteiger partial charge in [-0.05, 0) is 49.6 Å². The maximum Gasteiger partial charge on any atom is 0.191 e. The van der Waals surface area contributed by atoms with Crippen LogP contribution in [0.1, 0.15) is 29.8 Å². The number of aliphatic imine (C=N–C) groups is 1. The predicted molar refractivity (Wildman–Crippen MR) is 138 cm³/mol. The van der Waals surface area contributed by atoms with E-state index in [1.54, 1.807) is 0 Å². The Hall–Kier alpha value is -1.84. The smallest absolute Gasteiger partial charge is 0.191 e. The minimum atomic E-state index is 0. The Balaban J connectivity index is 0.00000272. The standard InChI is InChI=1S/C23H29ClN6.HI/c1-17-4-3-5-22-27-21(16-30(17)22)14-26-23(25-2)28-20-10-12-29(13-11-20)15-18-6-8-19(24)9-7-18;/h3-9,16,20H,10-15H2,1-2H3,(H2,25,26,28);1H. The van der Waals surface area contributed by atoms with Crippen LogP contribution in [0.15, 0.2) is 53.7 Å². The molecule has 2 N–H and O–H groups in total. The van der Waals surface area contributed by atoms with Crippen LogP contribution >= 0.6 is 35.6 Å². The number of hydrogen-bond acceptors (Lipinski definition) is 3. The van der Waals surface area contributed by atoms with Gasteiger partial charge in [-0.25, -0.2) is 4.98 Å². The number of aromatic nitrogens is 2. The average Bonchev–Trinajstić information content (AvgIpc) is 3.18. The van der Waals surface area contributed by atoms with Crippen LogP contribution < -0.4 is 10.6 Å². The van der Waals surface area contributed by atoms with Crippen molar-refractivity contribution in [3.8, 4) is 0 Å².